The monoisotopic (exact) mass is 268 g/mol. The average molecular weight is 269 g/mol. The molecule has 3 heteroatoms. The molecule has 2 aromatic carbocycles. The maximum absolute atomic E-state index is 5.58. The summed E-state index contributed by atoms with van der Waals surface area (Å²) in [6.45, 7) is 2.72. The van der Waals surface area contributed by atoms with E-state index in [4.69, 9.17) is 27.9 Å². The van der Waals surface area contributed by atoms with Gasteiger partial charge in [0.2, 0.25) is 0 Å². The van der Waals surface area contributed by atoms with Crippen LogP contribution in [0.1, 0.15) is 6.92 Å². The van der Waals surface area contributed by atoms with Crippen LogP contribution in [-0.4, -0.2) is 6.61 Å². The topological polar surface area (TPSA) is 9.23 Å². The van der Waals surface area contributed by atoms with E-state index in [0.717, 1.165) is 12.4 Å². The van der Waals surface area contributed by atoms with E-state index >= 15 is 0 Å². The smallest absolute Gasteiger partial charge is 0.119 e. The number of hydrogen-bond donors (Lipinski definition) is 0. The summed E-state index contributed by atoms with van der Waals surface area (Å²) in [5.74, 6) is 0.944. The maximum Gasteiger partial charge on any atom is 0.119 e. The van der Waals surface area contributed by atoms with Crippen LogP contribution in [-0.2, 0) is 0 Å². The summed E-state index contributed by atoms with van der Waals surface area (Å²) < 4.78 is 5.21. The van der Waals surface area contributed by atoms with Crippen molar-refractivity contribution in [2.45, 2.75) is 6.92 Å². The second-order valence-electron chi connectivity index (χ2n) is 3.16. The molecule has 0 bridgehead atoms. The molecule has 0 heterocycles. The molecule has 0 aromatic heterocycles. The van der Waals surface area contributed by atoms with Crippen molar-refractivity contribution in [1.82, 2.24) is 0 Å². The summed E-state index contributed by atoms with van der Waals surface area (Å²) in [6, 6.07) is 17.0. The van der Waals surface area contributed by atoms with Gasteiger partial charge in [-0.25, -0.2) is 0 Å². The molecular formula is C14H14Cl2O. The van der Waals surface area contributed by atoms with E-state index in [1.807, 2.05) is 49.4 Å². The first kappa shape index (κ1) is 13.9. The lowest BCUT2D eigenvalue weighted by Crippen LogP contribution is -1.89. The molecule has 1 nitrogen and oxygen atoms in total. The lowest BCUT2D eigenvalue weighted by Gasteiger charge is -1.99. The van der Waals surface area contributed by atoms with Crippen LogP contribution in [0.3, 0.4) is 0 Å². The molecule has 0 aliphatic carbocycles. The van der Waals surface area contributed by atoms with Gasteiger partial charge in [-0.3, -0.25) is 0 Å². The van der Waals surface area contributed by atoms with Gasteiger partial charge >= 0.3 is 0 Å². The Kier molecular flexibility index (Phi) is 6.53. The van der Waals surface area contributed by atoms with Gasteiger partial charge in [0.05, 0.1) is 16.7 Å². The molecule has 90 valence electrons. The van der Waals surface area contributed by atoms with Gasteiger partial charge < -0.3 is 4.74 Å². The highest BCUT2D eigenvalue weighted by Gasteiger charge is 1.89. The van der Waals surface area contributed by atoms with E-state index in [9.17, 15) is 0 Å². The van der Waals surface area contributed by atoms with E-state index < -0.39 is 0 Å². The lowest BCUT2D eigenvalue weighted by molar-refractivity contribution is 0.340. The van der Waals surface area contributed by atoms with Gasteiger partial charge in [0, 0.05) is 0 Å². The quantitative estimate of drug-likeness (QED) is 0.738. The number of para-hydroxylation sites is 1. The molecule has 0 amide bonds. The van der Waals surface area contributed by atoms with E-state index in [0.29, 0.717) is 10.0 Å². The first-order valence-corrected chi connectivity index (χ1v) is 6.07. The SMILES string of the molecule is CCOc1ccccc1.Clc1ccccc1Cl. The normalized spacial score (nSPS) is 9.12. The van der Waals surface area contributed by atoms with Gasteiger partial charge in [0.1, 0.15) is 5.75 Å². The Hall–Kier alpha value is -1.18. The Morgan fingerprint density at radius 3 is 1.71 bits per heavy atom. The fourth-order valence-corrected chi connectivity index (χ4v) is 1.39. The van der Waals surface area contributed by atoms with Crippen molar-refractivity contribution >= 4 is 23.2 Å². The van der Waals surface area contributed by atoms with Crippen molar-refractivity contribution in [2.75, 3.05) is 6.61 Å². The fourth-order valence-electron chi connectivity index (χ4n) is 1.12. The van der Waals surface area contributed by atoms with Gasteiger partial charge in [-0.15, -0.1) is 0 Å². The Labute approximate surface area is 112 Å². The molecule has 0 N–H and O–H groups in total. The van der Waals surface area contributed by atoms with Crippen LogP contribution >= 0.6 is 23.2 Å². The maximum atomic E-state index is 5.58. The molecule has 2 aromatic rings. The zero-order chi connectivity index (χ0) is 12.5. The summed E-state index contributed by atoms with van der Waals surface area (Å²) in [6.07, 6.45) is 0. The van der Waals surface area contributed by atoms with Gasteiger partial charge in [0.15, 0.2) is 0 Å². The largest absolute Gasteiger partial charge is 0.494 e. The third-order valence-corrected chi connectivity index (χ3v) is 2.63. The highest BCUT2D eigenvalue weighted by Crippen LogP contribution is 2.19. The molecule has 2 rings (SSSR count). The summed E-state index contributed by atoms with van der Waals surface area (Å²) in [5, 5.41) is 1.21. The third kappa shape index (κ3) is 5.62. The number of halogens is 2. The van der Waals surface area contributed by atoms with Crippen LogP contribution in [0.2, 0.25) is 10.0 Å². The van der Waals surface area contributed by atoms with E-state index in [-0.39, 0.29) is 0 Å². The second-order valence-corrected chi connectivity index (χ2v) is 3.97. The molecule has 17 heavy (non-hydrogen) atoms. The third-order valence-electron chi connectivity index (χ3n) is 1.88. The molecule has 0 aliphatic rings. The first-order valence-electron chi connectivity index (χ1n) is 5.32. The van der Waals surface area contributed by atoms with Crippen LogP contribution in [0, 0.1) is 0 Å². The van der Waals surface area contributed by atoms with Crippen molar-refractivity contribution in [3.63, 3.8) is 0 Å². The molecule has 0 saturated heterocycles. The Bertz CT molecular complexity index is 408. The minimum absolute atomic E-state index is 0.606. The van der Waals surface area contributed by atoms with Gasteiger partial charge in [-0.05, 0) is 31.2 Å². The van der Waals surface area contributed by atoms with Gasteiger partial charge in [0.25, 0.3) is 0 Å². The van der Waals surface area contributed by atoms with Crippen LogP contribution in [0.25, 0.3) is 0 Å². The van der Waals surface area contributed by atoms with Crippen LogP contribution in [0.4, 0.5) is 0 Å². The Morgan fingerprint density at radius 1 is 0.824 bits per heavy atom. The molecule has 0 atom stereocenters. The highest BCUT2D eigenvalue weighted by atomic mass is 35.5. The van der Waals surface area contributed by atoms with Crippen molar-refractivity contribution < 1.29 is 4.74 Å². The number of rotatable bonds is 2. The molecule has 0 radical (unpaired) electrons. The van der Waals surface area contributed by atoms with Gasteiger partial charge in [-0.2, -0.15) is 0 Å². The molecule has 0 aliphatic heterocycles. The number of benzene rings is 2. The zero-order valence-corrected chi connectivity index (χ0v) is 11.1. The Morgan fingerprint density at radius 2 is 1.29 bits per heavy atom. The zero-order valence-electron chi connectivity index (χ0n) is 9.57. The first-order chi connectivity index (χ1) is 8.24. The van der Waals surface area contributed by atoms with Crippen molar-refractivity contribution in [2.24, 2.45) is 0 Å². The van der Waals surface area contributed by atoms with Gasteiger partial charge in [-0.1, -0.05) is 53.5 Å². The standard InChI is InChI=1S/C8H10O.C6H4Cl2/c1-2-9-8-6-4-3-5-7-8;7-5-3-1-2-4-6(5)8/h3-7H,2H2,1H3;1-4H. The van der Waals surface area contributed by atoms with Crippen molar-refractivity contribution in [3.05, 3.63) is 64.6 Å². The summed E-state index contributed by atoms with van der Waals surface area (Å²) in [4.78, 5) is 0. The molecule has 0 saturated carbocycles. The van der Waals surface area contributed by atoms with Crippen LogP contribution < -0.4 is 4.74 Å². The Balaban J connectivity index is 0.000000171. The van der Waals surface area contributed by atoms with Crippen LogP contribution in [0.5, 0.6) is 5.75 Å². The van der Waals surface area contributed by atoms with E-state index in [1.54, 1.807) is 12.1 Å². The predicted octanol–water partition coefficient (Wildman–Crippen LogP) is 5.08. The molecule has 0 fully saturated rings. The molecule has 0 unspecified atom stereocenters. The molecular weight excluding hydrogens is 255 g/mol. The second kappa shape index (κ2) is 7.99. The van der Waals surface area contributed by atoms with Crippen molar-refractivity contribution in [1.29, 1.82) is 0 Å². The van der Waals surface area contributed by atoms with Crippen molar-refractivity contribution in [3.8, 4) is 5.75 Å². The highest BCUT2D eigenvalue weighted by molar-refractivity contribution is 6.41. The fraction of sp³-hybridized carbons (Fsp3) is 0.143. The minimum atomic E-state index is 0.606. The van der Waals surface area contributed by atoms with E-state index in [1.165, 1.54) is 0 Å². The molecule has 0 spiro atoms. The average Bonchev–Trinajstić information content (AvgIpc) is 2.36. The summed E-state index contributed by atoms with van der Waals surface area (Å²) in [5.41, 5.74) is 0. The van der Waals surface area contributed by atoms with E-state index in [2.05, 4.69) is 0 Å². The minimum Gasteiger partial charge on any atom is -0.494 e. The van der Waals surface area contributed by atoms with Crippen LogP contribution in [0.15, 0.2) is 54.6 Å². The number of hydrogen-bond acceptors (Lipinski definition) is 1. The number of ether oxygens (including phenoxy) is 1. The lowest BCUT2D eigenvalue weighted by atomic mass is 10.3. The summed E-state index contributed by atoms with van der Waals surface area (Å²) >= 11 is 11.2. The summed E-state index contributed by atoms with van der Waals surface area (Å²) in [7, 11) is 0. The predicted molar refractivity (Wildman–Crippen MR) is 74.1 cm³/mol.